The minimum atomic E-state index is 0.579. The summed E-state index contributed by atoms with van der Waals surface area (Å²) in [5.41, 5.74) is 0. The normalized spacial score (nSPS) is 11.2. The summed E-state index contributed by atoms with van der Waals surface area (Å²) in [7, 11) is 2.04. The van der Waals surface area contributed by atoms with Crippen molar-refractivity contribution in [2.24, 2.45) is 0 Å². The number of furan rings is 1. The van der Waals surface area contributed by atoms with Crippen molar-refractivity contribution in [2.75, 3.05) is 20.2 Å². The lowest BCUT2D eigenvalue weighted by molar-refractivity contribution is 0.222. The van der Waals surface area contributed by atoms with E-state index in [0.29, 0.717) is 11.6 Å². The number of nitrogens with zero attached hydrogens (tertiary/aromatic N) is 1. The van der Waals surface area contributed by atoms with Crippen LogP contribution in [0.1, 0.15) is 5.76 Å². The Kier molecular flexibility index (Phi) is 4.66. The first-order chi connectivity index (χ1) is 10.7. The molecule has 0 amide bonds. The molecule has 0 bridgehead atoms. The number of hydrogen-bond acceptors (Lipinski definition) is 3. The molecule has 0 aliphatic carbocycles. The summed E-state index contributed by atoms with van der Waals surface area (Å²) in [6.45, 7) is 2.14. The van der Waals surface area contributed by atoms with Gasteiger partial charge in [0.1, 0.15) is 18.1 Å². The van der Waals surface area contributed by atoms with Crippen LogP contribution in [0.3, 0.4) is 0 Å². The van der Waals surface area contributed by atoms with Gasteiger partial charge in [-0.2, -0.15) is 0 Å². The van der Waals surface area contributed by atoms with E-state index in [1.165, 1.54) is 0 Å². The Hall–Kier alpha value is -1.97. The standard InChI is InChI=1S/C18H18ClNO2/c1-20(13-15-6-4-11-21-15)10-12-22-17-9-8-14-5-2-3-7-16(14)18(17)19/h2-9,11H,10,12-13H2,1H3. The summed E-state index contributed by atoms with van der Waals surface area (Å²) in [5.74, 6) is 1.68. The molecular formula is C18H18ClNO2. The van der Waals surface area contributed by atoms with Gasteiger partial charge in [0.05, 0.1) is 17.8 Å². The maximum atomic E-state index is 6.42. The van der Waals surface area contributed by atoms with Crippen molar-refractivity contribution in [3.8, 4) is 5.75 Å². The van der Waals surface area contributed by atoms with Crippen molar-refractivity contribution in [1.82, 2.24) is 4.90 Å². The van der Waals surface area contributed by atoms with E-state index < -0.39 is 0 Å². The third-order valence-electron chi connectivity index (χ3n) is 3.56. The monoisotopic (exact) mass is 315 g/mol. The van der Waals surface area contributed by atoms with Crippen LogP contribution in [-0.4, -0.2) is 25.1 Å². The van der Waals surface area contributed by atoms with Crippen molar-refractivity contribution < 1.29 is 9.15 Å². The van der Waals surface area contributed by atoms with E-state index in [9.17, 15) is 0 Å². The van der Waals surface area contributed by atoms with Gasteiger partial charge in [0, 0.05) is 11.9 Å². The molecule has 3 nitrogen and oxygen atoms in total. The van der Waals surface area contributed by atoms with Gasteiger partial charge in [-0.1, -0.05) is 41.9 Å². The van der Waals surface area contributed by atoms with Crippen molar-refractivity contribution in [1.29, 1.82) is 0 Å². The maximum absolute atomic E-state index is 6.42. The topological polar surface area (TPSA) is 25.6 Å². The number of fused-ring (bicyclic) bond motifs is 1. The molecule has 114 valence electrons. The third-order valence-corrected chi connectivity index (χ3v) is 3.95. The van der Waals surface area contributed by atoms with Crippen molar-refractivity contribution >= 4 is 22.4 Å². The van der Waals surface area contributed by atoms with E-state index >= 15 is 0 Å². The molecule has 3 rings (SSSR count). The quantitative estimate of drug-likeness (QED) is 0.665. The molecule has 0 saturated carbocycles. The van der Waals surface area contributed by atoms with Crippen LogP contribution in [0, 0.1) is 0 Å². The van der Waals surface area contributed by atoms with E-state index in [1.807, 2.05) is 55.6 Å². The lowest BCUT2D eigenvalue weighted by Gasteiger charge is -2.16. The van der Waals surface area contributed by atoms with Crippen LogP contribution in [0.25, 0.3) is 10.8 Å². The highest BCUT2D eigenvalue weighted by Gasteiger charge is 2.07. The van der Waals surface area contributed by atoms with E-state index in [4.69, 9.17) is 20.8 Å². The third kappa shape index (κ3) is 3.43. The van der Waals surface area contributed by atoms with Crippen LogP contribution in [0.5, 0.6) is 5.75 Å². The van der Waals surface area contributed by atoms with E-state index in [1.54, 1.807) is 6.26 Å². The van der Waals surface area contributed by atoms with Crippen LogP contribution in [-0.2, 0) is 6.54 Å². The van der Waals surface area contributed by atoms with Gasteiger partial charge in [-0.15, -0.1) is 0 Å². The first-order valence-electron chi connectivity index (χ1n) is 7.25. The largest absolute Gasteiger partial charge is 0.491 e. The van der Waals surface area contributed by atoms with Crippen molar-refractivity contribution in [2.45, 2.75) is 6.54 Å². The van der Waals surface area contributed by atoms with Crippen LogP contribution in [0.15, 0.2) is 59.2 Å². The average molecular weight is 316 g/mol. The molecule has 3 aromatic rings. The summed E-state index contributed by atoms with van der Waals surface area (Å²) in [6.07, 6.45) is 1.69. The predicted octanol–water partition coefficient (Wildman–Crippen LogP) is 4.60. The minimum Gasteiger partial charge on any atom is -0.491 e. The predicted molar refractivity (Wildman–Crippen MR) is 89.5 cm³/mol. The molecule has 0 spiro atoms. The highest BCUT2D eigenvalue weighted by molar-refractivity contribution is 6.37. The summed E-state index contributed by atoms with van der Waals surface area (Å²) >= 11 is 6.42. The minimum absolute atomic E-state index is 0.579. The average Bonchev–Trinajstić information content (AvgIpc) is 3.03. The molecule has 1 heterocycles. The molecule has 1 aromatic heterocycles. The summed E-state index contributed by atoms with van der Waals surface area (Å²) < 4.78 is 11.2. The molecule has 0 N–H and O–H groups in total. The van der Waals surface area contributed by atoms with Crippen molar-refractivity contribution in [3.05, 3.63) is 65.6 Å². The number of rotatable bonds is 6. The lowest BCUT2D eigenvalue weighted by atomic mass is 10.1. The van der Waals surface area contributed by atoms with Gasteiger partial charge in [0.15, 0.2) is 0 Å². The number of hydrogen-bond donors (Lipinski definition) is 0. The first kappa shape index (κ1) is 14.9. The van der Waals surface area contributed by atoms with Crippen LogP contribution in [0.2, 0.25) is 5.02 Å². The Morgan fingerprint density at radius 3 is 2.77 bits per heavy atom. The fourth-order valence-corrected chi connectivity index (χ4v) is 2.67. The summed E-state index contributed by atoms with van der Waals surface area (Å²) in [5, 5.41) is 2.81. The fraction of sp³-hybridized carbons (Fsp3) is 0.222. The Labute approximate surface area is 135 Å². The first-order valence-corrected chi connectivity index (χ1v) is 7.63. The maximum Gasteiger partial charge on any atom is 0.138 e. The number of likely N-dealkylation sites (N-methyl/N-ethyl adjacent to an activating group) is 1. The van der Waals surface area contributed by atoms with Gasteiger partial charge >= 0.3 is 0 Å². The number of ether oxygens (including phenoxy) is 1. The zero-order valence-corrected chi connectivity index (χ0v) is 13.2. The molecule has 22 heavy (non-hydrogen) atoms. The molecule has 0 fully saturated rings. The van der Waals surface area contributed by atoms with Gasteiger partial charge in [-0.3, -0.25) is 4.90 Å². The van der Waals surface area contributed by atoms with E-state index in [0.717, 1.165) is 35.4 Å². The zero-order valence-electron chi connectivity index (χ0n) is 12.5. The lowest BCUT2D eigenvalue weighted by Crippen LogP contribution is -2.23. The smallest absolute Gasteiger partial charge is 0.138 e. The van der Waals surface area contributed by atoms with Gasteiger partial charge in [0.2, 0.25) is 0 Å². The van der Waals surface area contributed by atoms with Gasteiger partial charge in [-0.25, -0.2) is 0 Å². The van der Waals surface area contributed by atoms with Crippen molar-refractivity contribution in [3.63, 3.8) is 0 Å². The SMILES string of the molecule is CN(CCOc1ccc2ccccc2c1Cl)Cc1ccco1. The molecule has 0 radical (unpaired) electrons. The Morgan fingerprint density at radius 1 is 1.09 bits per heavy atom. The molecule has 4 heteroatoms. The molecule has 0 saturated heterocycles. The fourth-order valence-electron chi connectivity index (χ4n) is 2.38. The van der Waals surface area contributed by atoms with Crippen LogP contribution < -0.4 is 4.74 Å². The molecule has 0 atom stereocenters. The Balaban J connectivity index is 1.58. The highest BCUT2D eigenvalue weighted by atomic mass is 35.5. The second-order valence-electron chi connectivity index (χ2n) is 5.26. The highest BCUT2D eigenvalue weighted by Crippen LogP contribution is 2.32. The van der Waals surface area contributed by atoms with E-state index in [2.05, 4.69) is 4.90 Å². The van der Waals surface area contributed by atoms with Crippen LogP contribution in [0.4, 0.5) is 0 Å². The molecule has 0 aliphatic rings. The molecular weight excluding hydrogens is 298 g/mol. The summed E-state index contributed by atoms with van der Waals surface area (Å²) in [6, 6.07) is 15.9. The van der Waals surface area contributed by atoms with Gasteiger partial charge in [-0.05, 0) is 30.6 Å². The number of benzene rings is 2. The van der Waals surface area contributed by atoms with Gasteiger partial charge < -0.3 is 9.15 Å². The Morgan fingerprint density at radius 2 is 1.95 bits per heavy atom. The molecule has 0 aliphatic heterocycles. The summed E-state index contributed by atoms with van der Waals surface area (Å²) in [4.78, 5) is 2.15. The molecule has 0 unspecified atom stereocenters. The number of halogens is 1. The second kappa shape index (κ2) is 6.86. The van der Waals surface area contributed by atoms with E-state index in [-0.39, 0.29) is 0 Å². The zero-order chi connectivity index (χ0) is 15.4. The van der Waals surface area contributed by atoms with Crippen LogP contribution >= 0.6 is 11.6 Å². The van der Waals surface area contributed by atoms with Gasteiger partial charge in [0.25, 0.3) is 0 Å². The second-order valence-corrected chi connectivity index (χ2v) is 5.64. The molecule has 2 aromatic carbocycles. The Bertz CT molecular complexity index is 740.